The number of rotatable bonds is 3. The maximum absolute atomic E-state index is 12.1. The SMILES string of the molecule is C=c1oc(=O)c(-c2ccccc2CC)c/c1=C/C=C(\C)O. The second-order valence-electron chi connectivity index (χ2n) is 4.81. The van der Waals surface area contributed by atoms with E-state index in [-0.39, 0.29) is 11.2 Å². The first-order valence-corrected chi connectivity index (χ1v) is 6.82. The van der Waals surface area contributed by atoms with Gasteiger partial charge in [0.2, 0.25) is 0 Å². The van der Waals surface area contributed by atoms with E-state index in [2.05, 4.69) is 6.58 Å². The second-order valence-corrected chi connectivity index (χ2v) is 4.81. The van der Waals surface area contributed by atoms with E-state index in [1.807, 2.05) is 31.2 Å². The van der Waals surface area contributed by atoms with Crippen molar-refractivity contribution in [2.75, 3.05) is 0 Å². The van der Waals surface area contributed by atoms with Crippen molar-refractivity contribution in [2.45, 2.75) is 20.3 Å². The van der Waals surface area contributed by atoms with Crippen molar-refractivity contribution >= 4 is 12.7 Å². The van der Waals surface area contributed by atoms with E-state index < -0.39 is 5.63 Å². The van der Waals surface area contributed by atoms with Crippen molar-refractivity contribution < 1.29 is 9.52 Å². The predicted octanol–water partition coefficient (Wildman–Crippen LogP) is 2.52. The summed E-state index contributed by atoms with van der Waals surface area (Å²) in [5, 5.41) is 9.92. The molecule has 0 spiro atoms. The lowest BCUT2D eigenvalue weighted by molar-refractivity contribution is 0.415. The molecular formula is C18H18O3. The Morgan fingerprint density at radius 2 is 2.05 bits per heavy atom. The molecule has 1 N–H and O–H groups in total. The van der Waals surface area contributed by atoms with Gasteiger partial charge in [-0.25, -0.2) is 4.79 Å². The molecule has 0 radical (unpaired) electrons. The number of hydrogen-bond acceptors (Lipinski definition) is 3. The van der Waals surface area contributed by atoms with Gasteiger partial charge in [-0.3, -0.25) is 0 Å². The summed E-state index contributed by atoms with van der Waals surface area (Å²) in [6.07, 6.45) is 4.05. The Morgan fingerprint density at radius 1 is 1.33 bits per heavy atom. The molecule has 2 aromatic rings. The third-order valence-electron chi connectivity index (χ3n) is 3.25. The van der Waals surface area contributed by atoms with Gasteiger partial charge in [0, 0.05) is 5.22 Å². The van der Waals surface area contributed by atoms with Gasteiger partial charge in [0.25, 0.3) is 0 Å². The highest BCUT2D eigenvalue weighted by molar-refractivity contribution is 5.66. The number of aliphatic hydroxyl groups excluding tert-OH is 1. The smallest absolute Gasteiger partial charge is 0.344 e. The molecule has 0 unspecified atom stereocenters. The molecule has 3 nitrogen and oxygen atoms in total. The maximum atomic E-state index is 12.1. The summed E-state index contributed by atoms with van der Waals surface area (Å²) in [5.41, 5.74) is 2.35. The highest BCUT2D eigenvalue weighted by atomic mass is 16.4. The molecule has 108 valence electrons. The van der Waals surface area contributed by atoms with Gasteiger partial charge in [-0.15, -0.1) is 0 Å². The fourth-order valence-corrected chi connectivity index (χ4v) is 2.15. The summed E-state index contributed by atoms with van der Waals surface area (Å²) in [6, 6.07) is 9.50. The number of aliphatic hydroxyl groups is 1. The first-order chi connectivity index (χ1) is 10.0. The largest absolute Gasteiger partial charge is 0.513 e. The molecule has 21 heavy (non-hydrogen) atoms. The summed E-state index contributed by atoms with van der Waals surface area (Å²) in [7, 11) is 0. The summed E-state index contributed by atoms with van der Waals surface area (Å²) in [4.78, 5) is 12.1. The predicted molar refractivity (Wildman–Crippen MR) is 85.4 cm³/mol. The van der Waals surface area contributed by atoms with Gasteiger partial charge in [-0.1, -0.05) is 37.8 Å². The Bertz CT molecular complexity index is 837. The van der Waals surface area contributed by atoms with Gasteiger partial charge < -0.3 is 9.52 Å². The lowest BCUT2D eigenvalue weighted by Gasteiger charge is -2.06. The van der Waals surface area contributed by atoms with E-state index >= 15 is 0 Å². The van der Waals surface area contributed by atoms with E-state index in [0.29, 0.717) is 10.8 Å². The van der Waals surface area contributed by atoms with Gasteiger partial charge in [0.1, 0.15) is 5.42 Å². The summed E-state index contributed by atoms with van der Waals surface area (Å²) >= 11 is 0. The monoisotopic (exact) mass is 282 g/mol. The number of allylic oxidation sites excluding steroid dienone is 2. The number of hydrogen-bond donors (Lipinski definition) is 1. The fourth-order valence-electron chi connectivity index (χ4n) is 2.15. The van der Waals surface area contributed by atoms with Crippen LogP contribution in [0.1, 0.15) is 19.4 Å². The first kappa shape index (κ1) is 14.9. The van der Waals surface area contributed by atoms with Crippen molar-refractivity contribution in [2.24, 2.45) is 0 Å². The summed E-state index contributed by atoms with van der Waals surface area (Å²) in [6.45, 7) is 7.35. The van der Waals surface area contributed by atoms with Crippen LogP contribution < -0.4 is 16.3 Å². The van der Waals surface area contributed by atoms with Crippen LogP contribution in [-0.2, 0) is 6.42 Å². The van der Waals surface area contributed by atoms with Gasteiger partial charge in [-0.2, -0.15) is 0 Å². The van der Waals surface area contributed by atoms with Crippen LogP contribution in [0.4, 0.5) is 0 Å². The van der Waals surface area contributed by atoms with Crippen LogP contribution in [0.2, 0.25) is 0 Å². The van der Waals surface area contributed by atoms with Crippen LogP contribution in [0.3, 0.4) is 0 Å². The van der Waals surface area contributed by atoms with Gasteiger partial charge in [-0.05, 0) is 42.7 Å². The van der Waals surface area contributed by atoms with Crippen LogP contribution in [-0.4, -0.2) is 5.11 Å². The Kier molecular flexibility index (Phi) is 4.43. The third kappa shape index (κ3) is 3.31. The lowest BCUT2D eigenvalue weighted by Crippen LogP contribution is -2.28. The van der Waals surface area contributed by atoms with E-state index in [1.165, 1.54) is 0 Å². The first-order valence-electron chi connectivity index (χ1n) is 6.82. The van der Waals surface area contributed by atoms with Gasteiger partial charge in [0.05, 0.1) is 11.3 Å². The molecule has 1 aromatic heterocycles. The van der Waals surface area contributed by atoms with Crippen molar-refractivity contribution in [3.63, 3.8) is 0 Å². The molecule has 2 rings (SSSR count). The zero-order chi connectivity index (χ0) is 15.4. The Morgan fingerprint density at radius 3 is 2.71 bits per heavy atom. The molecule has 1 heterocycles. The molecule has 0 aliphatic carbocycles. The minimum Gasteiger partial charge on any atom is -0.513 e. The molecule has 0 saturated carbocycles. The average molecular weight is 282 g/mol. The van der Waals surface area contributed by atoms with Crippen molar-refractivity contribution in [1.29, 1.82) is 0 Å². The van der Waals surface area contributed by atoms with Crippen molar-refractivity contribution in [1.82, 2.24) is 0 Å². The molecule has 0 bridgehead atoms. The Hall–Kier alpha value is -2.55. The van der Waals surface area contributed by atoms with Crippen LogP contribution in [0.5, 0.6) is 0 Å². The van der Waals surface area contributed by atoms with E-state index in [9.17, 15) is 9.90 Å². The summed E-state index contributed by atoms with van der Waals surface area (Å²) < 4.78 is 5.22. The quantitative estimate of drug-likeness (QED) is 0.880. The molecule has 0 aliphatic rings. The fraction of sp³-hybridized carbons (Fsp3) is 0.167. The molecular weight excluding hydrogens is 264 g/mol. The minimum atomic E-state index is -0.400. The molecule has 0 fully saturated rings. The molecule has 3 heteroatoms. The number of aryl methyl sites for hydroxylation is 1. The summed E-state index contributed by atoms with van der Waals surface area (Å²) in [5.74, 6) is 0.177. The molecule has 0 atom stereocenters. The van der Waals surface area contributed by atoms with Crippen molar-refractivity contribution in [3.8, 4) is 11.1 Å². The van der Waals surface area contributed by atoms with E-state index in [4.69, 9.17) is 4.42 Å². The minimum absolute atomic E-state index is 0.177. The molecule has 0 aliphatic heterocycles. The molecule has 1 aromatic carbocycles. The van der Waals surface area contributed by atoms with Crippen LogP contribution in [0.15, 0.2) is 51.4 Å². The van der Waals surface area contributed by atoms with Crippen LogP contribution in [0.25, 0.3) is 23.8 Å². The van der Waals surface area contributed by atoms with Crippen LogP contribution >= 0.6 is 0 Å². The second kappa shape index (κ2) is 6.27. The number of benzene rings is 1. The molecule has 0 saturated heterocycles. The molecule has 0 amide bonds. The highest BCUT2D eigenvalue weighted by Gasteiger charge is 2.08. The normalized spacial score (nSPS) is 12.7. The highest BCUT2D eigenvalue weighted by Crippen LogP contribution is 2.19. The zero-order valence-corrected chi connectivity index (χ0v) is 12.2. The Labute approximate surface area is 123 Å². The van der Waals surface area contributed by atoms with Crippen molar-refractivity contribution in [3.05, 3.63) is 68.8 Å². The van der Waals surface area contributed by atoms with Gasteiger partial charge >= 0.3 is 5.63 Å². The third-order valence-corrected chi connectivity index (χ3v) is 3.25. The lowest BCUT2D eigenvalue weighted by atomic mass is 9.99. The Balaban J connectivity index is 2.74. The van der Waals surface area contributed by atoms with Crippen LogP contribution in [0, 0.1) is 0 Å². The standard InChI is InChI=1S/C18H18O3/c1-4-14-7-5-6-8-16(14)17-11-15(10-9-12(2)19)13(3)21-18(17)20/h5-11,19H,3-4H2,1-2H3/b12-9+,15-10-. The maximum Gasteiger partial charge on any atom is 0.344 e. The van der Waals surface area contributed by atoms with Gasteiger partial charge in [0.15, 0.2) is 0 Å². The average Bonchev–Trinajstić information content (AvgIpc) is 2.46. The van der Waals surface area contributed by atoms with E-state index in [1.54, 1.807) is 25.1 Å². The topological polar surface area (TPSA) is 50.4 Å². The zero-order valence-electron chi connectivity index (χ0n) is 12.2. The van der Waals surface area contributed by atoms with E-state index in [0.717, 1.165) is 17.5 Å².